The molecule has 1 aliphatic rings. The number of fused-ring (bicyclic) bond motifs is 1. The number of ketones is 1. The average molecular weight is 263 g/mol. The third kappa shape index (κ3) is 2.25. The normalized spacial score (nSPS) is 17.3. The summed E-state index contributed by atoms with van der Waals surface area (Å²) in [5, 5.41) is 5.02. The van der Waals surface area contributed by atoms with Gasteiger partial charge in [-0.25, -0.2) is 13.6 Å². The van der Waals surface area contributed by atoms with E-state index in [-0.39, 0.29) is 9.99 Å². The minimum atomic E-state index is -3.68. The number of thiophene rings is 1. The Morgan fingerprint density at radius 2 is 2.13 bits per heavy atom. The smallest absolute Gasteiger partial charge is 0.247 e. The summed E-state index contributed by atoms with van der Waals surface area (Å²) in [6.07, 6.45) is 1.33. The van der Waals surface area contributed by atoms with Crippen LogP contribution in [0.1, 0.15) is 23.2 Å². The van der Waals surface area contributed by atoms with Crippen molar-refractivity contribution in [1.82, 2.24) is 0 Å². The summed E-state index contributed by atoms with van der Waals surface area (Å²) in [5.41, 5.74) is 0.520. The van der Waals surface area contributed by atoms with Gasteiger partial charge in [0.2, 0.25) is 10.0 Å². The van der Waals surface area contributed by atoms with E-state index in [2.05, 4.69) is 0 Å². The van der Waals surface area contributed by atoms with E-state index in [0.717, 1.165) is 27.7 Å². The van der Waals surface area contributed by atoms with Gasteiger partial charge in [-0.2, -0.15) is 0 Å². The number of carbonyl (C=O) groups is 1. The minimum Gasteiger partial charge on any atom is -0.294 e. The van der Waals surface area contributed by atoms with Crippen LogP contribution < -0.4 is 5.14 Å². The van der Waals surface area contributed by atoms with E-state index in [1.165, 1.54) is 17.8 Å². The first-order valence-electron chi connectivity index (χ1n) is 4.31. The molecule has 4 nitrogen and oxygen atoms in total. The zero-order valence-corrected chi connectivity index (χ0v) is 10.2. The molecule has 0 unspecified atom stereocenters. The quantitative estimate of drug-likeness (QED) is 0.832. The number of carbonyl (C=O) groups excluding carboxylic acids is 1. The SMILES string of the molecule is NS(=O)(=O)c1cc2c(s1)SCCCC2=O. The van der Waals surface area contributed by atoms with Gasteiger partial charge in [0, 0.05) is 12.0 Å². The van der Waals surface area contributed by atoms with Crippen LogP contribution in [0.15, 0.2) is 14.5 Å². The van der Waals surface area contributed by atoms with Gasteiger partial charge in [0.25, 0.3) is 0 Å². The fraction of sp³-hybridized carbons (Fsp3) is 0.375. The number of hydrogen-bond acceptors (Lipinski definition) is 5. The fourth-order valence-corrected chi connectivity index (χ4v) is 4.68. The van der Waals surface area contributed by atoms with Crippen LogP contribution in [0.3, 0.4) is 0 Å². The van der Waals surface area contributed by atoms with Crippen molar-refractivity contribution in [3.8, 4) is 0 Å². The van der Waals surface area contributed by atoms with Crippen molar-refractivity contribution in [2.45, 2.75) is 21.3 Å². The highest BCUT2D eigenvalue weighted by molar-refractivity contribution is 8.01. The van der Waals surface area contributed by atoms with E-state index in [4.69, 9.17) is 5.14 Å². The molecule has 1 aromatic heterocycles. The van der Waals surface area contributed by atoms with Crippen molar-refractivity contribution in [1.29, 1.82) is 0 Å². The summed E-state index contributed by atoms with van der Waals surface area (Å²) in [7, 11) is -3.68. The number of thioether (sulfide) groups is 1. The van der Waals surface area contributed by atoms with Crippen LogP contribution >= 0.6 is 23.1 Å². The summed E-state index contributed by atoms with van der Waals surface area (Å²) < 4.78 is 23.1. The van der Waals surface area contributed by atoms with E-state index < -0.39 is 10.0 Å². The highest BCUT2D eigenvalue weighted by Gasteiger charge is 2.23. The Morgan fingerprint density at radius 3 is 2.80 bits per heavy atom. The molecular weight excluding hydrogens is 254 g/mol. The van der Waals surface area contributed by atoms with Gasteiger partial charge in [-0.05, 0) is 18.2 Å². The molecule has 0 saturated heterocycles. The van der Waals surface area contributed by atoms with Crippen molar-refractivity contribution in [3.63, 3.8) is 0 Å². The van der Waals surface area contributed by atoms with Crippen LogP contribution in [0.4, 0.5) is 0 Å². The summed E-state index contributed by atoms with van der Waals surface area (Å²) in [6.45, 7) is 0. The van der Waals surface area contributed by atoms with Gasteiger partial charge in [0.05, 0.1) is 4.21 Å². The van der Waals surface area contributed by atoms with E-state index in [1.807, 2.05) is 0 Å². The van der Waals surface area contributed by atoms with Gasteiger partial charge in [-0.3, -0.25) is 4.79 Å². The molecule has 0 fully saturated rings. The van der Waals surface area contributed by atoms with Gasteiger partial charge >= 0.3 is 0 Å². The molecule has 0 atom stereocenters. The first-order valence-corrected chi connectivity index (χ1v) is 7.66. The second-order valence-corrected chi connectivity index (χ2v) is 7.39. The van der Waals surface area contributed by atoms with Crippen LogP contribution in [0.2, 0.25) is 0 Å². The van der Waals surface area contributed by atoms with Crippen molar-refractivity contribution in [2.24, 2.45) is 5.14 Å². The largest absolute Gasteiger partial charge is 0.294 e. The molecule has 0 aromatic carbocycles. The molecule has 0 radical (unpaired) electrons. The first-order chi connectivity index (χ1) is 6.98. The minimum absolute atomic E-state index is 0.0150. The third-order valence-electron chi connectivity index (χ3n) is 2.04. The van der Waals surface area contributed by atoms with Crippen molar-refractivity contribution in [3.05, 3.63) is 11.6 Å². The number of nitrogens with two attached hydrogens (primary N) is 1. The standard InChI is InChI=1S/C8H9NO3S3/c9-15(11,12)7-4-5-6(10)2-1-3-13-8(5)14-7/h4H,1-3H2,(H2,9,11,12). The van der Waals surface area contributed by atoms with Crippen molar-refractivity contribution < 1.29 is 13.2 Å². The molecule has 0 amide bonds. The van der Waals surface area contributed by atoms with Crippen LogP contribution in [-0.4, -0.2) is 20.0 Å². The Labute approximate surface area is 95.9 Å². The Morgan fingerprint density at radius 1 is 1.40 bits per heavy atom. The number of hydrogen-bond donors (Lipinski definition) is 1. The lowest BCUT2D eigenvalue weighted by atomic mass is 10.1. The number of sulfonamides is 1. The van der Waals surface area contributed by atoms with Gasteiger partial charge in [-0.15, -0.1) is 23.1 Å². The maximum Gasteiger partial charge on any atom is 0.247 e. The zero-order valence-electron chi connectivity index (χ0n) is 7.73. The molecule has 1 aromatic rings. The highest BCUT2D eigenvalue weighted by Crippen LogP contribution is 2.37. The second kappa shape index (κ2) is 3.89. The maximum atomic E-state index is 11.6. The molecule has 2 rings (SSSR count). The molecule has 2 N–H and O–H groups in total. The van der Waals surface area contributed by atoms with E-state index >= 15 is 0 Å². The topological polar surface area (TPSA) is 77.2 Å². The van der Waals surface area contributed by atoms with Crippen LogP contribution in [0.5, 0.6) is 0 Å². The number of rotatable bonds is 1. The molecule has 82 valence electrons. The Balaban J connectivity index is 2.52. The summed E-state index contributed by atoms with van der Waals surface area (Å²) >= 11 is 2.62. The number of primary sulfonamides is 1. The van der Waals surface area contributed by atoms with Gasteiger partial charge in [0.1, 0.15) is 4.21 Å². The lowest BCUT2D eigenvalue weighted by Crippen LogP contribution is -2.10. The molecular formula is C8H9NO3S3. The van der Waals surface area contributed by atoms with Crippen molar-refractivity contribution in [2.75, 3.05) is 5.75 Å². The predicted molar refractivity (Wildman–Crippen MR) is 60.0 cm³/mol. The molecule has 0 aliphatic carbocycles. The number of Topliss-reactive ketones (excluding diaryl/α,β-unsaturated/α-hetero) is 1. The Hall–Kier alpha value is -0.370. The van der Waals surface area contributed by atoms with Gasteiger partial charge in [-0.1, -0.05) is 0 Å². The fourth-order valence-electron chi connectivity index (χ4n) is 1.33. The molecule has 0 spiro atoms. The van der Waals surface area contributed by atoms with Crippen LogP contribution in [0, 0.1) is 0 Å². The molecule has 2 heterocycles. The Kier molecular flexibility index (Phi) is 2.89. The van der Waals surface area contributed by atoms with Gasteiger partial charge in [0.15, 0.2) is 5.78 Å². The third-order valence-corrected chi connectivity index (χ3v) is 5.97. The summed E-state index contributed by atoms with van der Waals surface area (Å²) in [6, 6.07) is 1.40. The van der Waals surface area contributed by atoms with Crippen LogP contribution in [0.25, 0.3) is 0 Å². The monoisotopic (exact) mass is 263 g/mol. The van der Waals surface area contributed by atoms with E-state index in [9.17, 15) is 13.2 Å². The molecule has 7 heteroatoms. The Bertz CT molecular complexity index is 503. The maximum absolute atomic E-state index is 11.6. The molecule has 0 saturated carbocycles. The molecule has 15 heavy (non-hydrogen) atoms. The summed E-state index contributed by atoms with van der Waals surface area (Å²) in [4.78, 5) is 11.6. The van der Waals surface area contributed by atoms with E-state index in [0.29, 0.717) is 12.0 Å². The average Bonchev–Trinajstić information content (AvgIpc) is 2.49. The molecule has 1 aliphatic heterocycles. The summed E-state index contributed by atoms with van der Waals surface area (Å²) in [5.74, 6) is 0.865. The second-order valence-electron chi connectivity index (χ2n) is 3.19. The van der Waals surface area contributed by atoms with Crippen LogP contribution in [-0.2, 0) is 10.0 Å². The highest BCUT2D eigenvalue weighted by atomic mass is 32.3. The lowest BCUT2D eigenvalue weighted by molar-refractivity contribution is 0.0981. The van der Waals surface area contributed by atoms with Crippen molar-refractivity contribution >= 4 is 38.9 Å². The first kappa shape index (κ1) is 11.1. The van der Waals surface area contributed by atoms with Gasteiger partial charge < -0.3 is 0 Å². The zero-order chi connectivity index (χ0) is 11.1. The lowest BCUT2D eigenvalue weighted by Gasteiger charge is -1.92. The predicted octanol–water partition coefficient (Wildman–Crippen LogP) is 1.46. The molecule has 0 bridgehead atoms. The van der Waals surface area contributed by atoms with E-state index in [1.54, 1.807) is 0 Å².